The monoisotopic (exact) mass is 328 g/mol. The van der Waals surface area contributed by atoms with Gasteiger partial charge in [-0.1, -0.05) is 13.0 Å². The van der Waals surface area contributed by atoms with Crippen LogP contribution >= 0.6 is 0 Å². The van der Waals surface area contributed by atoms with Crippen LogP contribution < -0.4 is 4.90 Å². The molecule has 1 saturated heterocycles. The summed E-state index contributed by atoms with van der Waals surface area (Å²) in [6, 6.07) is 4.43. The number of carbonyl (C=O) groups excluding carboxylic acids is 2. The molecule has 1 atom stereocenters. The number of amides is 2. The van der Waals surface area contributed by atoms with Gasteiger partial charge in [0.25, 0.3) is 0 Å². The van der Waals surface area contributed by atoms with Crippen LogP contribution in [0.3, 0.4) is 0 Å². The van der Waals surface area contributed by atoms with Gasteiger partial charge in [-0.15, -0.1) is 0 Å². The molecule has 0 radical (unpaired) electrons. The van der Waals surface area contributed by atoms with Crippen molar-refractivity contribution in [1.82, 2.24) is 4.90 Å². The Morgan fingerprint density at radius 3 is 2.33 bits per heavy atom. The van der Waals surface area contributed by atoms with Gasteiger partial charge in [-0.2, -0.15) is 0 Å². The topological polar surface area (TPSA) is 40.6 Å². The fourth-order valence-corrected chi connectivity index (χ4v) is 4.00. The van der Waals surface area contributed by atoms with E-state index in [1.54, 1.807) is 6.92 Å². The molecule has 2 heterocycles. The summed E-state index contributed by atoms with van der Waals surface area (Å²) in [5, 5.41) is 0. The third-order valence-electron chi connectivity index (χ3n) is 5.60. The van der Waals surface area contributed by atoms with E-state index in [9.17, 15) is 9.59 Å². The van der Waals surface area contributed by atoms with Crippen LogP contribution in [0.2, 0.25) is 0 Å². The first kappa shape index (κ1) is 17.0. The fraction of sp³-hybridized carbons (Fsp3) is 0.600. The van der Waals surface area contributed by atoms with Crippen molar-refractivity contribution >= 4 is 17.5 Å². The first-order chi connectivity index (χ1) is 11.4. The van der Waals surface area contributed by atoms with E-state index in [0.29, 0.717) is 19.0 Å². The molecule has 3 rings (SSSR count). The molecule has 24 heavy (non-hydrogen) atoms. The molecular formula is C20H28N2O2. The van der Waals surface area contributed by atoms with Crippen molar-refractivity contribution in [2.75, 3.05) is 24.5 Å². The first-order valence-corrected chi connectivity index (χ1v) is 9.04. The molecule has 0 saturated carbocycles. The Labute approximate surface area is 144 Å². The number of rotatable bonds is 1. The average Bonchev–Trinajstić information content (AvgIpc) is 2.55. The predicted molar refractivity (Wildman–Crippen MR) is 96.1 cm³/mol. The number of hydrogen-bond acceptors (Lipinski definition) is 2. The van der Waals surface area contributed by atoms with Gasteiger partial charge in [0.1, 0.15) is 0 Å². The lowest BCUT2D eigenvalue weighted by atomic mass is 9.88. The van der Waals surface area contributed by atoms with Crippen molar-refractivity contribution in [3.8, 4) is 0 Å². The van der Waals surface area contributed by atoms with Gasteiger partial charge in [-0.05, 0) is 61.8 Å². The number of nitrogens with zero attached hydrogens (tertiary/aromatic N) is 2. The van der Waals surface area contributed by atoms with Gasteiger partial charge >= 0.3 is 0 Å². The van der Waals surface area contributed by atoms with Crippen molar-refractivity contribution in [3.05, 3.63) is 28.8 Å². The average molecular weight is 328 g/mol. The molecule has 1 fully saturated rings. The van der Waals surface area contributed by atoms with E-state index >= 15 is 0 Å². The number of carbonyl (C=O) groups is 2. The van der Waals surface area contributed by atoms with Gasteiger partial charge in [0, 0.05) is 38.2 Å². The summed E-state index contributed by atoms with van der Waals surface area (Å²) >= 11 is 0. The second-order valence-electron chi connectivity index (χ2n) is 7.60. The highest BCUT2D eigenvalue weighted by Crippen LogP contribution is 2.34. The third-order valence-corrected chi connectivity index (χ3v) is 5.60. The minimum atomic E-state index is 0.0420. The zero-order valence-electron chi connectivity index (χ0n) is 15.3. The SMILES string of the molecule is CC(=O)N1CCC(C(=O)N2CC(C)Cc3cc(C)c(C)cc32)CC1. The van der Waals surface area contributed by atoms with E-state index in [1.807, 2.05) is 9.80 Å². The largest absolute Gasteiger partial charge is 0.343 e. The standard InChI is InChI=1S/C20H28N2O2/c1-13-9-18-10-14(2)15(3)11-19(18)22(12-13)20(24)17-5-7-21(8-6-17)16(4)23/h10-11,13,17H,5-9,12H2,1-4H3. The van der Waals surface area contributed by atoms with Crippen LogP contribution in [-0.2, 0) is 16.0 Å². The van der Waals surface area contributed by atoms with E-state index in [1.165, 1.54) is 16.7 Å². The molecule has 2 amide bonds. The van der Waals surface area contributed by atoms with Gasteiger partial charge in [0.15, 0.2) is 0 Å². The highest BCUT2D eigenvalue weighted by Gasteiger charge is 2.33. The molecule has 0 aliphatic carbocycles. The maximum atomic E-state index is 13.2. The summed E-state index contributed by atoms with van der Waals surface area (Å²) < 4.78 is 0. The molecule has 2 aliphatic rings. The zero-order valence-corrected chi connectivity index (χ0v) is 15.3. The molecule has 4 nitrogen and oxygen atoms in total. The lowest BCUT2D eigenvalue weighted by Crippen LogP contribution is -2.46. The van der Waals surface area contributed by atoms with Crippen LogP contribution in [-0.4, -0.2) is 36.3 Å². The Hall–Kier alpha value is -1.84. The molecule has 1 aromatic rings. The molecule has 0 spiro atoms. The van der Waals surface area contributed by atoms with Crippen LogP contribution in [0.15, 0.2) is 12.1 Å². The Bertz CT molecular complexity index is 660. The second-order valence-corrected chi connectivity index (χ2v) is 7.60. The lowest BCUT2D eigenvalue weighted by Gasteiger charge is -2.38. The number of fused-ring (bicyclic) bond motifs is 1. The summed E-state index contributed by atoms with van der Waals surface area (Å²) in [6.07, 6.45) is 2.61. The predicted octanol–water partition coefficient (Wildman–Crippen LogP) is 3.09. The number of hydrogen-bond donors (Lipinski definition) is 0. The molecular weight excluding hydrogens is 300 g/mol. The summed E-state index contributed by atoms with van der Waals surface area (Å²) in [4.78, 5) is 28.5. The molecule has 1 aromatic carbocycles. The Balaban J connectivity index is 1.81. The van der Waals surface area contributed by atoms with Crippen LogP contribution in [0, 0.1) is 25.7 Å². The van der Waals surface area contributed by atoms with E-state index in [4.69, 9.17) is 0 Å². The van der Waals surface area contributed by atoms with Crippen molar-refractivity contribution in [1.29, 1.82) is 0 Å². The van der Waals surface area contributed by atoms with E-state index in [2.05, 4.69) is 32.9 Å². The summed E-state index contributed by atoms with van der Waals surface area (Å²) in [6.45, 7) is 10.3. The normalized spacial score (nSPS) is 21.6. The van der Waals surface area contributed by atoms with Crippen LogP contribution in [0.1, 0.15) is 43.4 Å². The molecule has 0 N–H and O–H groups in total. The van der Waals surface area contributed by atoms with Crippen LogP contribution in [0.5, 0.6) is 0 Å². The molecule has 0 bridgehead atoms. The number of aryl methyl sites for hydroxylation is 2. The van der Waals surface area contributed by atoms with Gasteiger partial charge in [0.2, 0.25) is 11.8 Å². The molecule has 4 heteroatoms. The fourth-order valence-electron chi connectivity index (χ4n) is 4.00. The van der Waals surface area contributed by atoms with Crippen molar-refractivity contribution in [2.45, 2.75) is 47.0 Å². The van der Waals surface area contributed by atoms with Gasteiger partial charge in [0.05, 0.1) is 0 Å². The number of anilines is 1. The minimum absolute atomic E-state index is 0.0420. The Morgan fingerprint density at radius 1 is 1.08 bits per heavy atom. The zero-order chi connectivity index (χ0) is 17.4. The maximum absolute atomic E-state index is 13.2. The highest BCUT2D eigenvalue weighted by molar-refractivity contribution is 5.96. The summed E-state index contributed by atoms with van der Waals surface area (Å²) in [5.74, 6) is 0.888. The third kappa shape index (κ3) is 3.19. The number of benzene rings is 1. The van der Waals surface area contributed by atoms with Crippen LogP contribution in [0.25, 0.3) is 0 Å². The van der Waals surface area contributed by atoms with E-state index in [-0.39, 0.29) is 17.7 Å². The molecule has 0 aromatic heterocycles. The Kier molecular flexibility index (Phi) is 4.66. The van der Waals surface area contributed by atoms with Gasteiger partial charge < -0.3 is 9.80 Å². The smallest absolute Gasteiger partial charge is 0.230 e. The van der Waals surface area contributed by atoms with Gasteiger partial charge in [-0.25, -0.2) is 0 Å². The Morgan fingerprint density at radius 2 is 1.71 bits per heavy atom. The van der Waals surface area contributed by atoms with Crippen LogP contribution in [0.4, 0.5) is 5.69 Å². The summed E-state index contributed by atoms with van der Waals surface area (Å²) in [5.41, 5.74) is 4.94. The van der Waals surface area contributed by atoms with Crippen molar-refractivity contribution in [3.63, 3.8) is 0 Å². The molecule has 130 valence electrons. The van der Waals surface area contributed by atoms with Gasteiger partial charge in [-0.3, -0.25) is 9.59 Å². The molecule has 1 unspecified atom stereocenters. The minimum Gasteiger partial charge on any atom is -0.343 e. The quantitative estimate of drug-likeness (QED) is 0.795. The first-order valence-electron chi connectivity index (χ1n) is 9.04. The molecule has 2 aliphatic heterocycles. The van der Waals surface area contributed by atoms with Crippen molar-refractivity contribution in [2.24, 2.45) is 11.8 Å². The number of piperidine rings is 1. The second kappa shape index (κ2) is 6.58. The van der Waals surface area contributed by atoms with Crippen molar-refractivity contribution < 1.29 is 9.59 Å². The highest BCUT2D eigenvalue weighted by atomic mass is 16.2. The maximum Gasteiger partial charge on any atom is 0.230 e. The van der Waals surface area contributed by atoms with E-state index < -0.39 is 0 Å². The lowest BCUT2D eigenvalue weighted by molar-refractivity contribution is -0.133. The summed E-state index contributed by atoms with van der Waals surface area (Å²) in [7, 11) is 0. The van der Waals surface area contributed by atoms with E-state index in [0.717, 1.165) is 31.5 Å². The number of likely N-dealkylation sites (tertiary alicyclic amines) is 1.